The predicted molar refractivity (Wildman–Crippen MR) is 50.5 cm³/mol. The molecule has 0 N–H and O–H groups in total. The Bertz CT molecular complexity index is 204. The van der Waals surface area contributed by atoms with Crippen LogP contribution >= 0.6 is 40.2 Å². The lowest BCUT2D eigenvalue weighted by Crippen LogP contribution is -2.02. The van der Waals surface area contributed by atoms with E-state index in [-0.39, 0.29) is 0 Å². The van der Waals surface area contributed by atoms with E-state index in [9.17, 15) is 9.46 Å². The molecule has 0 aliphatic carbocycles. The van der Waals surface area contributed by atoms with Crippen LogP contribution in [0.25, 0.3) is 0 Å². The molecule has 7 heteroatoms. The molecule has 0 aromatic rings. The Morgan fingerprint density at radius 2 is 2.00 bits per heavy atom. The number of halogens is 3. The molecular formula is C5H9Cl3NO2P. The third-order valence-electron chi connectivity index (χ3n) is 1.29. The van der Waals surface area contributed by atoms with Crippen molar-refractivity contribution >= 4 is 45.3 Å². The van der Waals surface area contributed by atoms with Crippen molar-refractivity contribution in [2.24, 2.45) is 0 Å². The van der Waals surface area contributed by atoms with Gasteiger partial charge >= 0.3 is 0 Å². The van der Waals surface area contributed by atoms with Crippen LogP contribution in [0.2, 0.25) is 0 Å². The van der Waals surface area contributed by atoms with E-state index in [2.05, 4.69) is 27.1 Å². The molecule has 0 spiro atoms. The highest BCUT2D eigenvalue weighted by Crippen LogP contribution is 2.46. The van der Waals surface area contributed by atoms with E-state index in [1.54, 1.807) is 0 Å². The van der Waals surface area contributed by atoms with Crippen LogP contribution in [0.1, 0.15) is 12.8 Å². The molecule has 1 aliphatic rings. The zero-order chi connectivity index (χ0) is 9.78. The topological polar surface area (TPSA) is 43.1 Å². The van der Waals surface area contributed by atoms with Crippen LogP contribution in [0, 0.1) is 0 Å². The summed E-state index contributed by atoms with van der Waals surface area (Å²) in [7, 11) is 2.02. The minimum Gasteiger partial charge on any atom is -0.776 e. The van der Waals surface area contributed by atoms with Gasteiger partial charge in [0.05, 0.1) is 6.42 Å². The Balaban J connectivity index is 0.000000217. The highest BCUT2D eigenvalue weighted by molar-refractivity contribution is 8.03. The normalized spacial score (nSPS) is 17.4. The van der Waals surface area contributed by atoms with Gasteiger partial charge in [-0.1, -0.05) is 22.5 Å². The molecule has 3 nitrogen and oxygen atoms in total. The van der Waals surface area contributed by atoms with Gasteiger partial charge in [-0.2, -0.15) is 0 Å². The number of hydrogen-bond acceptors (Lipinski definition) is 2. The van der Waals surface area contributed by atoms with Gasteiger partial charge in [-0.15, -0.1) is 0 Å². The van der Waals surface area contributed by atoms with Crippen molar-refractivity contribution in [1.29, 1.82) is 0 Å². The fourth-order valence-electron chi connectivity index (χ4n) is 0.774. The van der Waals surface area contributed by atoms with Gasteiger partial charge in [0.1, 0.15) is 13.6 Å². The summed E-state index contributed by atoms with van der Waals surface area (Å²) in [6.45, 7) is 1.14. The first kappa shape index (κ1) is 12.7. The Morgan fingerprint density at radius 1 is 1.58 bits per heavy atom. The average molecular weight is 252 g/mol. The van der Waals surface area contributed by atoms with Crippen molar-refractivity contribution in [3.8, 4) is 0 Å². The van der Waals surface area contributed by atoms with E-state index in [0.717, 1.165) is 18.1 Å². The van der Waals surface area contributed by atoms with E-state index >= 15 is 0 Å². The minimum atomic E-state index is -3.94. The first-order chi connectivity index (χ1) is 5.30. The second kappa shape index (κ2) is 5.46. The largest absolute Gasteiger partial charge is 0.776 e. The molecule has 0 saturated carbocycles. The quantitative estimate of drug-likeness (QED) is 0.489. The molecule has 0 aromatic heterocycles. The van der Waals surface area contributed by atoms with Crippen LogP contribution in [0.3, 0.4) is 0 Å². The van der Waals surface area contributed by atoms with E-state index in [4.69, 9.17) is 11.6 Å². The van der Waals surface area contributed by atoms with Gasteiger partial charge < -0.3 is 9.46 Å². The first-order valence-electron chi connectivity index (χ1n) is 3.23. The molecule has 0 aromatic carbocycles. The summed E-state index contributed by atoms with van der Waals surface area (Å²) in [5.74, 6) is 0. The average Bonchev–Trinajstić information content (AvgIpc) is 2.12. The lowest BCUT2D eigenvalue weighted by molar-refractivity contribution is -0.486. The van der Waals surface area contributed by atoms with Crippen LogP contribution in [-0.4, -0.2) is 23.3 Å². The number of rotatable bonds is 0. The van der Waals surface area contributed by atoms with Crippen LogP contribution in [0.15, 0.2) is 0 Å². The Labute approximate surface area is 86.0 Å². The number of nitrogens with zero attached hydrogens (tertiary/aromatic N) is 1. The molecule has 0 saturated heterocycles. The van der Waals surface area contributed by atoms with Crippen molar-refractivity contribution in [3.63, 3.8) is 0 Å². The van der Waals surface area contributed by atoms with E-state index < -0.39 is 6.07 Å². The summed E-state index contributed by atoms with van der Waals surface area (Å²) in [4.78, 5) is 9.19. The zero-order valence-electron chi connectivity index (χ0n) is 6.47. The third kappa shape index (κ3) is 8.82. The lowest BCUT2D eigenvalue weighted by atomic mass is 10.4. The lowest BCUT2D eigenvalue weighted by Gasteiger charge is -1.98. The smallest absolute Gasteiger partial charge is 0.245 e. The van der Waals surface area contributed by atoms with Crippen molar-refractivity contribution in [3.05, 3.63) is 0 Å². The Kier molecular flexibility index (Phi) is 5.79. The molecule has 0 amide bonds. The molecule has 0 radical (unpaired) electrons. The van der Waals surface area contributed by atoms with Gasteiger partial charge in [0.25, 0.3) is 0 Å². The third-order valence-corrected chi connectivity index (χ3v) is 1.77. The molecule has 0 unspecified atom stereocenters. The second-order valence-electron chi connectivity index (χ2n) is 2.32. The molecule has 12 heavy (non-hydrogen) atoms. The van der Waals surface area contributed by atoms with Gasteiger partial charge in [0, 0.05) is 6.42 Å². The second-order valence-corrected chi connectivity index (χ2v) is 6.77. The van der Waals surface area contributed by atoms with E-state index in [1.165, 1.54) is 6.42 Å². The SMILES string of the molecule is C[N+]1=C(Cl)CCC1.O=P([O-])(Cl)Cl. The van der Waals surface area contributed by atoms with Crippen LogP contribution < -0.4 is 4.89 Å². The molecule has 1 rings (SSSR count). The van der Waals surface area contributed by atoms with Crippen LogP contribution in [0.5, 0.6) is 0 Å². The molecule has 72 valence electrons. The monoisotopic (exact) mass is 251 g/mol. The summed E-state index contributed by atoms with van der Waals surface area (Å²) in [6, 6.07) is 0. The molecular weight excluding hydrogens is 243 g/mol. The zero-order valence-corrected chi connectivity index (χ0v) is 9.63. The number of hydrogen-bond donors (Lipinski definition) is 0. The highest BCUT2D eigenvalue weighted by atomic mass is 35.9. The molecule has 1 aliphatic heterocycles. The van der Waals surface area contributed by atoms with Crippen LogP contribution in [0.4, 0.5) is 0 Å². The summed E-state index contributed by atoms with van der Waals surface area (Å²) in [6.07, 6.45) is -1.63. The summed E-state index contributed by atoms with van der Waals surface area (Å²) in [5.41, 5.74) is 0. The van der Waals surface area contributed by atoms with Crippen molar-refractivity contribution in [1.82, 2.24) is 0 Å². The van der Waals surface area contributed by atoms with Crippen LogP contribution in [-0.2, 0) is 4.57 Å². The summed E-state index contributed by atoms with van der Waals surface area (Å²) < 4.78 is 11.3. The Hall–Kier alpha value is 0.730. The first-order valence-corrected chi connectivity index (χ1v) is 7.05. The van der Waals surface area contributed by atoms with E-state index in [0.29, 0.717) is 0 Å². The van der Waals surface area contributed by atoms with Gasteiger partial charge in [0.15, 0.2) is 6.07 Å². The molecule has 0 atom stereocenters. The fraction of sp³-hybridized carbons (Fsp3) is 0.800. The van der Waals surface area contributed by atoms with Gasteiger partial charge in [-0.3, -0.25) is 0 Å². The fourth-order valence-corrected chi connectivity index (χ4v) is 0.992. The summed E-state index contributed by atoms with van der Waals surface area (Å²) >= 11 is 14.3. The maximum absolute atomic E-state index is 9.19. The predicted octanol–water partition coefficient (Wildman–Crippen LogP) is 1.99. The standard InChI is InChI=1S/C5H9ClN.Cl2HO2P/c1-7-4-2-3-5(7)6;1-5(2,3)4/h2-4H2,1H3;(H,3,4)/q+1;/p-1. The van der Waals surface area contributed by atoms with E-state index in [1.807, 2.05) is 7.05 Å². The minimum absolute atomic E-state index is 1.01. The van der Waals surface area contributed by atoms with Gasteiger partial charge in [-0.05, 0) is 11.6 Å². The Morgan fingerprint density at radius 3 is 2.08 bits per heavy atom. The van der Waals surface area contributed by atoms with Gasteiger partial charge in [0.2, 0.25) is 5.17 Å². The maximum atomic E-state index is 9.19. The van der Waals surface area contributed by atoms with Crippen molar-refractivity contribution in [2.45, 2.75) is 12.8 Å². The molecule has 0 bridgehead atoms. The highest BCUT2D eigenvalue weighted by Gasteiger charge is 2.14. The molecule has 0 fully saturated rings. The van der Waals surface area contributed by atoms with Crippen molar-refractivity contribution < 1.29 is 14.0 Å². The van der Waals surface area contributed by atoms with Gasteiger partial charge in [-0.25, -0.2) is 4.58 Å². The summed E-state index contributed by atoms with van der Waals surface area (Å²) in [5, 5.41) is 1.01. The maximum Gasteiger partial charge on any atom is 0.245 e. The molecule has 1 heterocycles. The van der Waals surface area contributed by atoms with Crippen molar-refractivity contribution in [2.75, 3.05) is 13.6 Å².